The van der Waals surface area contributed by atoms with Crippen molar-refractivity contribution >= 4 is 5.82 Å². The molecule has 2 aliphatic rings. The number of halogens is 4. The zero-order valence-corrected chi connectivity index (χ0v) is 19.1. The van der Waals surface area contributed by atoms with Crippen LogP contribution in [0.2, 0.25) is 0 Å². The molecule has 0 bridgehead atoms. The molecule has 36 heavy (non-hydrogen) atoms. The fourth-order valence-electron chi connectivity index (χ4n) is 4.53. The van der Waals surface area contributed by atoms with E-state index in [2.05, 4.69) is 20.2 Å². The normalized spacial score (nSPS) is 16.4. The minimum Gasteiger partial charge on any atom is -0.314 e. The lowest BCUT2D eigenvalue weighted by molar-refractivity contribution is -0.137. The van der Waals surface area contributed by atoms with E-state index in [1.54, 1.807) is 6.20 Å². The number of allylic oxidation sites excluding steroid dienone is 3. The monoisotopic (exact) mass is 494 g/mol. The van der Waals surface area contributed by atoms with E-state index in [9.17, 15) is 17.6 Å². The predicted octanol–water partition coefficient (Wildman–Crippen LogP) is 5.10. The van der Waals surface area contributed by atoms with Crippen molar-refractivity contribution in [3.63, 3.8) is 0 Å². The fraction of sp³-hybridized carbons (Fsp3) is 0.208. The number of hydrogen-bond acceptors (Lipinski definition) is 6. The van der Waals surface area contributed by atoms with Gasteiger partial charge in [0.1, 0.15) is 23.2 Å². The Bertz CT molecular complexity index is 1560. The number of benzene rings is 1. The Labute approximate surface area is 202 Å². The van der Waals surface area contributed by atoms with E-state index in [1.165, 1.54) is 17.0 Å². The molecule has 8 nitrogen and oxygen atoms in total. The fourth-order valence-corrected chi connectivity index (χ4v) is 4.53. The highest BCUT2D eigenvalue weighted by Gasteiger charge is 2.37. The topological polar surface area (TPSA) is 77.5 Å². The summed E-state index contributed by atoms with van der Waals surface area (Å²) in [6, 6.07) is 2.17. The Hall–Kier alpha value is -4.35. The summed E-state index contributed by atoms with van der Waals surface area (Å²) < 4.78 is 57.4. The summed E-state index contributed by atoms with van der Waals surface area (Å²) in [6.07, 6.45) is 6.41. The summed E-state index contributed by atoms with van der Waals surface area (Å²) in [6.45, 7) is 3.88. The van der Waals surface area contributed by atoms with Crippen molar-refractivity contribution in [2.24, 2.45) is 0 Å². The number of nitrogens with zero attached hydrogens (tertiary/aromatic N) is 8. The number of hydrogen-bond donors (Lipinski definition) is 0. The lowest BCUT2D eigenvalue weighted by atomic mass is 10.0. The van der Waals surface area contributed by atoms with Gasteiger partial charge in [-0.05, 0) is 43.7 Å². The van der Waals surface area contributed by atoms with Gasteiger partial charge < -0.3 is 4.90 Å². The molecule has 182 valence electrons. The van der Waals surface area contributed by atoms with Gasteiger partial charge >= 0.3 is 6.18 Å². The molecule has 6 rings (SSSR count). The van der Waals surface area contributed by atoms with Gasteiger partial charge in [0.2, 0.25) is 5.95 Å². The van der Waals surface area contributed by atoms with Gasteiger partial charge in [-0.1, -0.05) is 13.0 Å². The minimum atomic E-state index is -4.70. The summed E-state index contributed by atoms with van der Waals surface area (Å²) in [5, 5.41) is 8.63. The number of rotatable bonds is 4. The predicted molar refractivity (Wildman–Crippen MR) is 122 cm³/mol. The molecule has 1 aliphatic carbocycles. The van der Waals surface area contributed by atoms with Crippen LogP contribution in [-0.2, 0) is 6.18 Å². The highest BCUT2D eigenvalue weighted by atomic mass is 19.4. The Balaban J connectivity index is 1.52. The third kappa shape index (κ3) is 3.32. The van der Waals surface area contributed by atoms with Crippen LogP contribution in [-0.4, -0.2) is 34.3 Å². The molecule has 4 aromatic rings. The Morgan fingerprint density at radius 1 is 1.08 bits per heavy atom. The molecule has 0 N–H and O–H groups in total. The summed E-state index contributed by atoms with van der Waals surface area (Å²) in [5.74, 6) is 1.28. The number of imidazole rings is 1. The average molecular weight is 494 g/mol. The summed E-state index contributed by atoms with van der Waals surface area (Å²) >= 11 is 0. The van der Waals surface area contributed by atoms with Crippen molar-refractivity contribution in [3.05, 3.63) is 83.7 Å². The molecule has 1 aliphatic heterocycles. The van der Waals surface area contributed by atoms with Crippen LogP contribution in [0.5, 0.6) is 0 Å². The van der Waals surface area contributed by atoms with Gasteiger partial charge in [-0.2, -0.15) is 18.2 Å². The Kier molecular flexibility index (Phi) is 4.82. The van der Waals surface area contributed by atoms with Gasteiger partial charge in [0.25, 0.3) is 0 Å². The van der Waals surface area contributed by atoms with E-state index in [0.29, 0.717) is 23.4 Å². The molecular formula is C24H18F4N8. The highest BCUT2D eigenvalue weighted by molar-refractivity contribution is 5.69. The molecule has 0 radical (unpaired) electrons. The van der Waals surface area contributed by atoms with Crippen molar-refractivity contribution < 1.29 is 17.6 Å². The zero-order chi connectivity index (χ0) is 25.2. The Morgan fingerprint density at radius 2 is 1.89 bits per heavy atom. The van der Waals surface area contributed by atoms with Crippen LogP contribution < -0.4 is 4.90 Å². The molecule has 0 saturated carbocycles. The summed E-state index contributed by atoms with van der Waals surface area (Å²) in [5.41, 5.74) is 0.465. The molecule has 1 aromatic carbocycles. The van der Waals surface area contributed by atoms with E-state index < -0.39 is 17.6 Å². The largest absolute Gasteiger partial charge is 0.416 e. The van der Waals surface area contributed by atoms with E-state index in [0.717, 1.165) is 30.1 Å². The molecule has 0 fully saturated rings. The number of anilines is 1. The second-order valence-corrected chi connectivity index (χ2v) is 8.41. The highest BCUT2D eigenvalue weighted by Crippen LogP contribution is 2.42. The molecule has 0 spiro atoms. The van der Waals surface area contributed by atoms with E-state index in [-0.39, 0.29) is 23.4 Å². The first-order valence-electron chi connectivity index (χ1n) is 11.1. The third-order valence-electron chi connectivity index (χ3n) is 6.20. The van der Waals surface area contributed by atoms with Crippen LogP contribution in [0, 0.1) is 12.7 Å². The second kappa shape index (κ2) is 7.83. The molecule has 4 heterocycles. The first kappa shape index (κ1) is 22.1. The summed E-state index contributed by atoms with van der Waals surface area (Å²) in [7, 11) is 0. The number of aryl methyl sites for hydroxylation is 1. The molecule has 12 heteroatoms. The first-order valence-corrected chi connectivity index (χ1v) is 11.1. The van der Waals surface area contributed by atoms with Crippen LogP contribution in [0.4, 0.5) is 23.4 Å². The van der Waals surface area contributed by atoms with Gasteiger partial charge in [0.05, 0.1) is 17.8 Å². The SMILES string of the molecule is CCC1c2nnc(C)n2-c2cnc(-n3ccnc3-c3cc(F)cc(C(F)(F)F)c3)nc2N1C1=CC=C1. The van der Waals surface area contributed by atoms with E-state index in [4.69, 9.17) is 4.98 Å². The van der Waals surface area contributed by atoms with Crippen LogP contribution in [0.3, 0.4) is 0 Å². The van der Waals surface area contributed by atoms with Gasteiger partial charge in [0.15, 0.2) is 11.6 Å². The van der Waals surface area contributed by atoms with Crippen LogP contribution in [0.1, 0.15) is 36.6 Å². The lowest BCUT2D eigenvalue weighted by Gasteiger charge is -2.38. The third-order valence-corrected chi connectivity index (χ3v) is 6.20. The quantitative estimate of drug-likeness (QED) is 0.368. The number of aromatic nitrogens is 7. The van der Waals surface area contributed by atoms with E-state index >= 15 is 0 Å². The zero-order valence-electron chi connectivity index (χ0n) is 19.1. The molecule has 0 amide bonds. The maximum Gasteiger partial charge on any atom is 0.416 e. The molecular weight excluding hydrogens is 476 g/mol. The molecule has 1 unspecified atom stereocenters. The van der Waals surface area contributed by atoms with Crippen LogP contribution >= 0.6 is 0 Å². The number of fused-ring (bicyclic) bond motifs is 3. The van der Waals surface area contributed by atoms with E-state index in [1.807, 2.05) is 41.5 Å². The molecule has 0 saturated heterocycles. The smallest absolute Gasteiger partial charge is 0.314 e. The van der Waals surface area contributed by atoms with Gasteiger partial charge in [-0.15, -0.1) is 10.2 Å². The van der Waals surface area contributed by atoms with Crippen LogP contribution in [0.15, 0.2) is 60.7 Å². The van der Waals surface area contributed by atoms with Gasteiger partial charge in [0, 0.05) is 23.7 Å². The number of alkyl halides is 3. The molecule has 1 atom stereocenters. The maximum absolute atomic E-state index is 14.1. The second-order valence-electron chi connectivity index (χ2n) is 8.41. The van der Waals surface area contributed by atoms with Crippen molar-refractivity contribution in [1.82, 2.24) is 34.3 Å². The summed E-state index contributed by atoms with van der Waals surface area (Å²) in [4.78, 5) is 15.5. The van der Waals surface area contributed by atoms with Crippen LogP contribution in [0.25, 0.3) is 23.0 Å². The van der Waals surface area contributed by atoms with Crippen molar-refractivity contribution in [2.45, 2.75) is 32.5 Å². The standard InChI is InChI=1S/C24H18F4N8/c1-3-18-22-33-32-13(2)35(22)19-12-30-23(31-21(19)36(18)17-5-4-6-17)34-8-7-29-20(34)14-9-15(24(26,27)28)11-16(25)10-14/h4-12,18H,3H2,1-2H3. The Morgan fingerprint density at radius 3 is 2.58 bits per heavy atom. The minimum absolute atomic E-state index is 0.0430. The lowest BCUT2D eigenvalue weighted by Crippen LogP contribution is -2.36. The van der Waals surface area contributed by atoms with Gasteiger partial charge in [-0.25, -0.2) is 14.4 Å². The van der Waals surface area contributed by atoms with Crippen molar-refractivity contribution in [1.29, 1.82) is 0 Å². The van der Waals surface area contributed by atoms with Crippen molar-refractivity contribution in [2.75, 3.05) is 4.90 Å². The van der Waals surface area contributed by atoms with Crippen molar-refractivity contribution in [3.8, 4) is 23.0 Å². The average Bonchev–Trinajstić information content (AvgIpc) is 3.44. The first-order chi connectivity index (χ1) is 17.3. The maximum atomic E-state index is 14.1. The molecule has 3 aromatic heterocycles. The van der Waals surface area contributed by atoms with Gasteiger partial charge in [-0.3, -0.25) is 9.13 Å².